The maximum atomic E-state index is 12.1. The molecule has 2 heterocycles. The number of carbonyl (C=O) groups excluding carboxylic acids is 1. The fourth-order valence-electron chi connectivity index (χ4n) is 2.23. The normalized spacial score (nSPS) is 10.7. The van der Waals surface area contributed by atoms with E-state index in [-0.39, 0.29) is 5.91 Å². The number of hydrogen-bond acceptors (Lipinski definition) is 4. The predicted octanol–water partition coefficient (Wildman–Crippen LogP) is 2.80. The topological polar surface area (TPSA) is 69.3 Å². The molecule has 0 spiro atoms. The van der Waals surface area contributed by atoms with Crippen molar-refractivity contribution in [3.05, 3.63) is 72.4 Å². The third-order valence-electron chi connectivity index (χ3n) is 3.47. The minimum absolute atomic E-state index is 0.0898. The molecule has 0 atom stereocenters. The summed E-state index contributed by atoms with van der Waals surface area (Å²) < 4.78 is 12.4. The molecular weight excluding hydrogens is 306 g/mol. The lowest BCUT2D eigenvalue weighted by molar-refractivity contribution is 0.0917. The average Bonchev–Trinajstić information content (AvgIpc) is 3.31. The molecule has 2 aromatic heterocycles. The summed E-state index contributed by atoms with van der Waals surface area (Å²) in [7, 11) is 0. The van der Waals surface area contributed by atoms with E-state index in [1.807, 2.05) is 36.5 Å². The first-order valence-corrected chi connectivity index (χ1v) is 7.81. The first kappa shape index (κ1) is 16.0. The summed E-state index contributed by atoms with van der Waals surface area (Å²) in [5.74, 6) is 0.712. The second kappa shape index (κ2) is 8.12. The van der Waals surface area contributed by atoms with E-state index >= 15 is 0 Å². The summed E-state index contributed by atoms with van der Waals surface area (Å²) in [5.41, 5.74) is 1.55. The van der Waals surface area contributed by atoms with Crippen molar-refractivity contribution in [2.24, 2.45) is 0 Å². The first-order valence-electron chi connectivity index (χ1n) is 7.81. The van der Waals surface area contributed by atoms with Gasteiger partial charge >= 0.3 is 0 Å². The number of benzene rings is 1. The second-order valence-corrected chi connectivity index (χ2v) is 5.24. The van der Waals surface area contributed by atoms with E-state index < -0.39 is 0 Å². The van der Waals surface area contributed by atoms with E-state index in [4.69, 9.17) is 9.15 Å². The van der Waals surface area contributed by atoms with Gasteiger partial charge in [-0.1, -0.05) is 0 Å². The van der Waals surface area contributed by atoms with Crippen molar-refractivity contribution in [2.75, 3.05) is 13.2 Å². The number of nitrogens with zero attached hydrogens (tertiary/aromatic N) is 2. The molecule has 1 amide bonds. The van der Waals surface area contributed by atoms with Crippen LogP contribution >= 0.6 is 0 Å². The molecule has 0 fully saturated rings. The van der Waals surface area contributed by atoms with Crippen LogP contribution in [0.4, 0.5) is 0 Å². The summed E-state index contributed by atoms with van der Waals surface area (Å²) in [6.07, 6.45) is 5.95. The summed E-state index contributed by atoms with van der Waals surface area (Å²) >= 11 is 0. The lowest BCUT2D eigenvalue weighted by atomic mass is 10.2. The van der Waals surface area contributed by atoms with E-state index in [1.54, 1.807) is 29.3 Å². The Hall–Kier alpha value is -2.86. The Morgan fingerprint density at radius 1 is 1.21 bits per heavy atom. The molecule has 0 bridgehead atoms. The highest BCUT2D eigenvalue weighted by molar-refractivity contribution is 5.94. The molecule has 0 radical (unpaired) electrons. The molecule has 0 aliphatic carbocycles. The Balaban J connectivity index is 1.37. The van der Waals surface area contributed by atoms with Gasteiger partial charge < -0.3 is 14.5 Å². The highest BCUT2D eigenvalue weighted by Crippen LogP contribution is 2.08. The van der Waals surface area contributed by atoms with Crippen molar-refractivity contribution < 1.29 is 13.9 Å². The molecule has 3 rings (SSSR count). The lowest BCUT2D eigenvalue weighted by Gasteiger charge is -2.07. The fraction of sp³-hybridized carbons (Fsp3) is 0.222. The summed E-state index contributed by atoms with van der Waals surface area (Å²) in [4.78, 5) is 12.1. The molecule has 6 heteroatoms. The number of aromatic nitrogens is 2. The van der Waals surface area contributed by atoms with Crippen LogP contribution in [0.25, 0.3) is 5.69 Å². The van der Waals surface area contributed by atoms with E-state index in [1.165, 1.54) is 0 Å². The monoisotopic (exact) mass is 325 g/mol. The van der Waals surface area contributed by atoms with E-state index in [0.29, 0.717) is 25.3 Å². The molecule has 1 N–H and O–H groups in total. The zero-order valence-electron chi connectivity index (χ0n) is 13.2. The van der Waals surface area contributed by atoms with Crippen molar-refractivity contribution in [3.63, 3.8) is 0 Å². The molecule has 1 aromatic carbocycles. The quantitative estimate of drug-likeness (QED) is 0.647. The highest BCUT2D eigenvalue weighted by atomic mass is 16.5. The molecule has 0 saturated heterocycles. The summed E-state index contributed by atoms with van der Waals surface area (Å²) in [6, 6.07) is 12.9. The Morgan fingerprint density at radius 3 is 2.79 bits per heavy atom. The molecule has 0 saturated carbocycles. The number of ether oxygens (including phenoxy) is 1. The number of hydrogen-bond donors (Lipinski definition) is 1. The lowest BCUT2D eigenvalue weighted by Crippen LogP contribution is -2.25. The van der Waals surface area contributed by atoms with Crippen LogP contribution < -0.4 is 5.32 Å². The van der Waals surface area contributed by atoms with Crippen LogP contribution in [0.5, 0.6) is 0 Å². The van der Waals surface area contributed by atoms with Crippen molar-refractivity contribution in [1.29, 1.82) is 0 Å². The van der Waals surface area contributed by atoms with Crippen LogP contribution in [-0.4, -0.2) is 28.8 Å². The smallest absolute Gasteiger partial charge is 0.251 e. The van der Waals surface area contributed by atoms with Gasteiger partial charge in [0.2, 0.25) is 0 Å². The minimum Gasteiger partial charge on any atom is -0.467 e. The van der Waals surface area contributed by atoms with Crippen LogP contribution in [0, 0.1) is 0 Å². The minimum atomic E-state index is -0.0898. The van der Waals surface area contributed by atoms with Gasteiger partial charge in [0.15, 0.2) is 0 Å². The number of carbonyl (C=O) groups is 1. The summed E-state index contributed by atoms with van der Waals surface area (Å²) in [5, 5.41) is 7.04. The van der Waals surface area contributed by atoms with Crippen LogP contribution in [0.1, 0.15) is 22.5 Å². The van der Waals surface area contributed by atoms with E-state index in [9.17, 15) is 4.79 Å². The van der Waals surface area contributed by atoms with Crippen molar-refractivity contribution in [1.82, 2.24) is 15.1 Å². The molecule has 124 valence electrons. The predicted molar refractivity (Wildman–Crippen MR) is 88.9 cm³/mol. The fourth-order valence-corrected chi connectivity index (χ4v) is 2.23. The zero-order valence-corrected chi connectivity index (χ0v) is 13.2. The van der Waals surface area contributed by atoms with Crippen LogP contribution in [0.2, 0.25) is 0 Å². The first-order chi connectivity index (χ1) is 11.8. The van der Waals surface area contributed by atoms with Crippen LogP contribution in [0.15, 0.2) is 65.5 Å². The van der Waals surface area contributed by atoms with Gasteiger partial charge in [0.25, 0.3) is 5.91 Å². The maximum Gasteiger partial charge on any atom is 0.251 e. The Kier molecular flexibility index (Phi) is 5.42. The molecule has 0 unspecified atom stereocenters. The van der Waals surface area contributed by atoms with Gasteiger partial charge in [0.05, 0.1) is 12.0 Å². The Bertz CT molecular complexity index is 734. The van der Waals surface area contributed by atoms with Gasteiger partial charge in [-0.15, -0.1) is 0 Å². The number of amides is 1. The maximum absolute atomic E-state index is 12.1. The third kappa shape index (κ3) is 4.33. The zero-order chi connectivity index (χ0) is 16.6. The number of nitrogens with one attached hydrogen (secondary N) is 1. The van der Waals surface area contributed by atoms with E-state index in [0.717, 1.165) is 17.9 Å². The molecule has 0 aliphatic rings. The van der Waals surface area contributed by atoms with E-state index in [2.05, 4.69) is 10.4 Å². The van der Waals surface area contributed by atoms with Gasteiger partial charge in [-0.05, 0) is 48.9 Å². The highest BCUT2D eigenvalue weighted by Gasteiger charge is 2.05. The average molecular weight is 325 g/mol. The SMILES string of the molecule is O=C(NCCCOCc1ccco1)c1ccc(-n2cccn2)cc1. The molecule has 3 aromatic rings. The largest absolute Gasteiger partial charge is 0.467 e. The number of furan rings is 1. The van der Waals surface area contributed by atoms with Gasteiger partial charge in [-0.3, -0.25) is 4.79 Å². The Labute approximate surface area is 140 Å². The molecule has 24 heavy (non-hydrogen) atoms. The number of rotatable bonds is 8. The second-order valence-electron chi connectivity index (χ2n) is 5.24. The van der Waals surface area contributed by atoms with Crippen LogP contribution in [-0.2, 0) is 11.3 Å². The van der Waals surface area contributed by atoms with Crippen molar-refractivity contribution in [2.45, 2.75) is 13.0 Å². The molecular formula is C18H19N3O3. The third-order valence-corrected chi connectivity index (χ3v) is 3.47. The van der Waals surface area contributed by atoms with Gasteiger partial charge in [0.1, 0.15) is 12.4 Å². The Morgan fingerprint density at radius 2 is 2.08 bits per heavy atom. The molecule has 0 aliphatic heterocycles. The van der Waals surface area contributed by atoms with Crippen molar-refractivity contribution >= 4 is 5.91 Å². The van der Waals surface area contributed by atoms with Gasteiger partial charge in [0, 0.05) is 31.1 Å². The molecule has 6 nitrogen and oxygen atoms in total. The van der Waals surface area contributed by atoms with Gasteiger partial charge in [-0.2, -0.15) is 5.10 Å². The standard InChI is InChI=1S/C18H19N3O3/c22-18(19-9-3-12-23-14-17-4-1-13-24-17)15-5-7-16(8-6-15)21-11-2-10-20-21/h1-2,4-8,10-11,13H,3,9,12,14H2,(H,19,22). The van der Waals surface area contributed by atoms with Crippen LogP contribution in [0.3, 0.4) is 0 Å². The van der Waals surface area contributed by atoms with Gasteiger partial charge in [-0.25, -0.2) is 4.68 Å². The summed E-state index contributed by atoms with van der Waals surface area (Å²) in [6.45, 7) is 1.59. The van der Waals surface area contributed by atoms with Crippen molar-refractivity contribution in [3.8, 4) is 5.69 Å².